The van der Waals surface area contributed by atoms with Gasteiger partial charge in [0.25, 0.3) is 5.89 Å². The van der Waals surface area contributed by atoms with Crippen molar-refractivity contribution < 1.29 is 13.6 Å². The molecule has 0 unspecified atom stereocenters. The van der Waals surface area contributed by atoms with Crippen molar-refractivity contribution in [3.8, 4) is 11.7 Å². The standard InChI is InChI=1S/C18H24N6O3/c1-5-8-24(10-15(25)19-17-12(2)22-23(4)13(17)3)11-16-20-21-18(27-16)14-7-6-9-26-14/h6-7,9H,5,8,10-11H2,1-4H3,(H,19,25). The van der Waals surface area contributed by atoms with E-state index in [9.17, 15) is 4.79 Å². The van der Waals surface area contributed by atoms with Crippen molar-refractivity contribution in [3.05, 3.63) is 35.7 Å². The molecule has 0 aliphatic heterocycles. The number of amides is 1. The summed E-state index contributed by atoms with van der Waals surface area (Å²) < 4.78 is 12.7. The number of nitrogens with zero attached hydrogens (tertiary/aromatic N) is 5. The van der Waals surface area contributed by atoms with Crippen molar-refractivity contribution in [2.24, 2.45) is 7.05 Å². The Morgan fingerprint density at radius 2 is 2.15 bits per heavy atom. The average Bonchev–Trinajstić information content (AvgIpc) is 3.34. The Hall–Kier alpha value is -2.94. The average molecular weight is 372 g/mol. The molecule has 3 heterocycles. The van der Waals surface area contributed by atoms with Gasteiger partial charge in [-0.1, -0.05) is 6.92 Å². The normalized spacial score (nSPS) is 11.3. The summed E-state index contributed by atoms with van der Waals surface area (Å²) in [6, 6.07) is 3.52. The minimum Gasteiger partial charge on any atom is -0.459 e. The second kappa shape index (κ2) is 8.17. The summed E-state index contributed by atoms with van der Waals surface area (Å²) in [4.78, 5) is 14.5. The lowest BCUT2D eigenvalue weighted by molar-refractivity contribution is -0.117. The third kappa shape index (κ3) is 4.43. The van der Waals surface area contributed by atoms with Gasteiger partial charge in [-0.15, -0.1) is 10.2 Å². The Kier molecular flexibility index (Phi) is 5.70. The third-order valence-corrected chi connectivity index (χ3v) is 4.24. The zero-order valence-electron chi connectivity index (χ0n) is 16.0. The quantitative estimate of drug-likeness (QED) is 0.648. The first-order valence-corrected chi connectivity index (χ1v) is 8.86. The number of hydrogen-bond donors (Lipinski definition) is 1. The van der Waals surface area contributed by atoms with Crippen molar-refractivity contribution in [1.82, 2.24) is 24.9 Å². The molecule has 3 aromatic rings. The number of furan rings is 1. The second-order valence-electron chi connectivity index (χ2n) is 6.41. The number of nitrogens with one attached hydrogen (secondary N) is 1. The molecule has 0 aromatic carbocycles. The molecule has 144 valence electrons. The predicted molar refractivity (Wildman–Crippen MR) is 98.9 cm³/mol. The molecule has 0 bridgehead atoms. The first-order valence-electron chi connectivity index (χ1n) is 8.86. The zero-order valence-corrected chi connectivity index (χ0v) is 16.0. The molecule has 0 fully saturated rings. The van der Waals surface area contributed by atoms with Crippen LogP contribution >= 0.6 is 0 Å². The highest BCUT2D eigenvalue weighted by Gasteiger charge is 2.18. The summed E-state index contributed by atoms with van der Waals surface area (Å²) >= 11 is 0. The predicted octanol–water partition coefficient (Wildman–Crippen LogP) is 2.53. The molecule has 0 saturated heterocycles. The molecule has 9 heteroatoms. The van der Waals surface area contributed by atoms with Crippen molar-refractivity contribution in [1.29, 1.82) is 0 Å². The van der Waals surface area contributed by atoms with Crippen molar-refractivity contribution in [2.45, 2.75) is 33.7 Å². The van der Waals surface area contributed by atoms with Gasteiger partial charge in [-0.25, -0.2) is 0 Å². The monoisotopic (exact) mass is 372 g/mol. The maximum Gasteiger partial charge on any atom is 0.283 e. The van der Waals surface area contributed by atoms with E-state index >= 15 is 0 Å². The van der Waals surface area contributed by atoms with Crippen molar-refractivity contribution in [2.75, 3.05) is 18.4 Å². The van der Waals surface area contributed by atoms with Crippen molar-refractivity contribution in [3.63, 3.8) is 0 Å². The van der Waals surface area contributed by atoms with Crippen LogP contribution in [0, 0.1) is 13.8 Å². The molecule has 0 radical (unpaired) electrons. The summed E-state index contributed by atoms with van der Waals surface area (Å²) in [7, 11) is 1.85. The largest absolute Gasteiger partial charge is 0.459 e. The Morgan fingerprint density at radius 1 is 1.33 bits per heavy atom. The van der Waals surface area contributed by atoms with Gasteiger partial charge in [0.05, 0.1) is 36.4 Å². The molecule has 0 aliphatic carbocycles. The van der Waals surface area contributed by atoms with Crippen LogP contribution in [0.3, 0.4) is 0 Å². The Morgan fingerprint density at radius 3 is 2.78 bits per heavy atom. The van der Waals surface area contributed by atoms with E-state index in [-0.39, 0.29) is 12.5 Å². The maximum absolute atomic E-state index is 12.5. The number of carbonyl (C=O) groups excluding carboxylic acids is 1. The van der Waals surface area contributed by atoms with E-state index in [0.29, 0.717) is 24.1 Å². The fraction of sp³-hybridized carbons (Fsp3) is 0.444. The van der Waals surface area contributed by atoms with Gasteiger partial charge in [0.2, 0.25) is 11.8 Å². The summed E-state index contributed by atoms with van der Waals surface area (Å²) in [5, 5.41) is 15.3. The summed E-state index contributed by atoms with van der Waals surface area (Å²) in [6.07, 6.45) is 2.45. The van der Waals surface area contributed by atoms with E-state index in [1.807, 2.05) is 25.8 Å². The Labute approximate surface area is 157 Å². The van der Waals surface area contributed by atoms with Crippen LogP contribution in [-0.2, 0) is 18.4 Å². The fourth-order valence-electron chi connectivity index (χ4n) is 2.88. The molecule has 0 atom stereocenters. The van der Waals surface area contributed by atoms with Gasteiger partial charge in [0, 0.05) is 7.05 Å². The molecule has 0 spiro atoms. The molecular formula is C18H24N6O3. The van der Waals surface area contributed by atoms with E-state index in [1.165, 1.54) is 0 Å². The van der Waals surface area contributed by atoms with E-state index in [1.54, 1.807) is 23.1 Å². The van der Waals surface area contributed by atoms with Gasteiger partial charge in [-0.3, -0.25) is 14.4 Å². The molecule has 9 nitrogen and oxygen atoms in total. The van der Waals surface area contributed by atoms with Crippen LogP contribution < -0.4 is 5.32 Å². The molecule has 0 saturated carbocycles. The molecule has 1 amide bonds. The number of hydrogen-bond acceptors (Lipinski definition) is 7. The van der Waals surface area contributed by atoms with Gasteiger partial charge < -0.3 is 14.2 Å². The van der Waals surface area contributed by atoms with E-state index in [4.69, 9.17) is 8.83 Å². The molecule has 3 aromatic heterocycles. The van der Waals surface area contributed by atoms with Crippen LogP contribution in [0.25, 0.3) is 11.7 Å². The second-order valence-corrected chi connectivity index (χ2v) is 6.41. The number of carbonyl (C=O) groups is 1. The SMILES string of the molecule is CCCN(CC(=O)Nc1c(C)nn(C)c1C)Cc1nnc(-c2ccco2)o1. The lowest BCUT2D eigenvalue weighted by Crippen LogP contribution is -2.33. The van der Waals surface area contributed by atoms with Crippen LogP contribution in [0.5, 0.6) is 0 Å². The van der Waals surface area contributed by atoms with Crippen molar-refractivity contribution >= 4 is 11.6 Å². The van der Waals surface area contributed by atoms with Crippen LogP contribution in [0.2, 0.25) is 0 Å². The highest BCUT2D eigenvalue weighted by molar-refractivity contribution is 5.93. The molecule has 1 N–H and O–H groups in total. The topological polar surface area (TPSA) is 102 Å². The molecule has 27 heavy (non-hydrogen) atoms. The third-order valence-electron chi connectivity index (χ3n) is 4.24. The smallest absolute Gasteiger partial charge is 0.283 e. The highest BCUT2D eigenvalue weighted by Crippen LogP contribution is 2.20. The van der Waals surface area contributed by atoms with Gasteiger partial charge >= 0.3 is 0 Å². The number of aromatic nitrogens is 4. The molecule has 3 rings (SSSR count). The lowest BCUT2D eigenvalue weighted by atomic mass is 10.3. The molecular weight excluding hydrogens is 348 g/mol. The van der Waals surface area contributed by atoms with Gasteiger partial charge in [-0.2, -0.15) is 5.10 Å². The zero-order chi connectivity index (χ0) is 19.4. The first kappa shape index (κ1) is 18.8. The van der Waals surface area contributed by atoms with Crippen LogP contribution in [-0.4, -0.2) is 43.9 Å². The van der Waals surface area contributed by atoms with E-state index in [2.05, 4.69) is 27.5 Å². The van der Waals surface area contributed by atoms with E-state index in [0.717, 1.165) is 30.0 Å². The van der Waals surface area contributed by atoms with Crippen LogP contribution in [0.1, 0.15) is 30.6 Å². The number of aryl methyl sites for hydroxylation is 2. The van der Waals surface area contributed by atoms with Gasteiger partial charge in [-0.05, 0) is 38.9 Å². The number of anilines is 1. The molecule has 0 aliphatic rings. The van der Waals surface area contributed by atoms with Gasteiger partial charge in [0.15, 0.2) is 5.76 Å². The van der Waals surface area contributed by atoms with Crippen LogP contribution in [0.15, 0.2) is 27.2 Å². The number of rotatable bonds is 8. The summed E-state index contributed by atoms with van der Waals surface area (Å²) in [5.74, 6) is 1.19. The fourth-order valence-corrected chi connectivity index (χ4v) is 2.88. The van der Waals surface area contributed by atoms with Gasteiger partial charge in [0.1, 0.15) is 0 Å². The first-order chi connectivity index (χ1) is 13.0. The summed E-state index contributed by atoms with van der Waals surface area (Å²) in [6.45, 7) is 7.20. The minimum absolute atomic E-state index is 0.103. The Balaban J connectivity index is 1.64. The summed E-state index contributed by atoms with van der Waals surface area (Å²) in [5.41, 5.74) is 2.48. The Bertz CT molecular complexity index is 896. The maximum atomic E-state index is 12.5. The van der Waals surface area contributed by atoms with Crippen LogP contribution in [0.4, 0.5) is 5.69 Å². The highest BCUT2D eigenvalue weighted by atomic mass is 16.4. The lowest BCUT2D eigenvalue weighted by Gasteiger charge is -2.19. The van der Waals surface area contributed by atoms with E-state index < -0.39 is 0 Å². The minimum atomic E-state index is -0.103.